The number of amides is 2. The maximum absolute atomic E-state index is 12.5. The SMILES string of the molecule is CC(C)C(NC(=O)NCc1ccccc1Cn1cccn1)c1ccccc1. The smallest absolute Gasteiger partial charge is 0.315 e. The third kappa shape index (κ3) is 5.20. The Morgan fingerprint density at radius 3 is 2.37 bits per heavy atom. The molecule has 0 aliphatic heterocycles. The van der Waals surface area contributed by atoms with Gasteiger partial charge in [-0.15, -0.1) is 0 Å². The van der Waals surface area contributed by atoms with Crippen LogP contribution in [0.15, 0.2) is 73.1 Å². The highest BCUT2D eigenvalue weighted by molar-refractivity contribution is 5.74. The summed E-state index contributed by atoms with van der Waals surface area (Å²) in [7, 11) is 0. The van der Waals surface area contributed by atoms with E-state index in [1.165, 1.54) is 0 Å². The summed E-state index contributed by atoms with van der Waals surface area (Å²) in [5, 5.41) is 10.4. The number of hydrogen-bond acceptors (Lipinski definition) is 2. The molecule has 2 N–H and O–H groups in total. The molecule has 1 unspecified atom stereocenters. The van der Waals surface area contributed by atoms with Crippen molar-refractivity contribution < 1.29 is 4.79 Å². The van der Waals surface area contributed by atoms with Crippen molar-refractivity contribution in [2.75, 3.05) is 0 Å². The molecule has 0 fully saturated rings. The average Bonchev–Trinajstić information content (AvgIpc) is 3.19. The summed E-state index contributed by atoms with van der Waals surface area (Å²) in [6.07, 6.45) is 3.70. The van der Waals surface area contributed by atoms with Gasteiger partial charge in [0.25, 0.3) is 0 Å². The van der Waals surface area contributed by atoms with Gasteiger partial charge in [-0.05, 0) is 28.7 Å². The maximum Gasteiger partial charge on any atom is 0.315 e. The third-order valence-electron chi connectivity index (χ3n) is 4.56. The summed E-state index contributed by atoms with van der Waals surface area (Å²) >= 11 is 0. The van der Waals surface area contributed by atoms with Crippen LogP contribution in [0.5, 0.6) is 0 Å². The van der Waals surface area contributed by atoms with Gasteiger partial charge in [-0.25, -0.2) is 4.79 Å². The van der Waals surface area contributed by atoms with Crippen molar-refractivity contribution in [3.8, 4) is 0 Å². The van der Waals surface area contributed by atoms with Gasteiger partial charge in [-0.2, -0.15) is 5.10 Å². The van der Waals surface area contributed by atoms with E-state index in [0.29, 0.717) is 19.0 Å². The quantitative estimate of drug-likeness (QED) is 0.664. The van der Waals surface area contributed by atoms with Crippen molar-refractivity contribution in [2.45, 2.75) is 33.0 Å². The minimum atomic E-state index is -0.161. The van der Waals surface area contributed by atoms with Gasteiger partial charge in [0, 0.05) is 18.9 Å². The number of rotatable bonds is 7. The Morgan fingerprint density at radius 1 is 1.00 bits per heavy atom. The van der Waals surface area contributed by atoms with Gasteiger partial charge >= 0.3 is 6.03 Å². The molecule has 0 aliphatic rings. The minimum absolute atomic E-state index is 0.0227. The lowest BCUT2D eigenvalue weighted by Crippen LogP contribution is -2.39. The first-order valence-electron chi connectivity index (χ1n) is 9.27. The molecule has 3 aromatic rings. The second-order valence-electron chi connectivity index (χ2n) is 6.93. The Labute approximate surface area is 160 Å². The lowest BCUT2D eigenvalue weighted by Gasteiger charge is -2.23. The van der Waals surface area contributed by atoms with E-state index >= 15 is 0 Å². The Hall–Kier alpha value is -3.08. The Bertz CT molecular complexity index is 844. The number of hydrogen-bond donors (Lipinski definition) is 2. The van der Waals surface area contributed by atoms with Crippen LogP contribution in [0.25, 0.3) is 0 Å². The number of aromatic nitrogens is 2. The van der Waals surface area contributed by atoms with Crippen LogP contribution in [-0.2, 0) is 13.1 Å². The van der Waals surface area contributed by atoms with E-state index in [9.17, 15) is 4.79 Å². The Kier molecular flexibility index (Phi) is 6.26. The molecule has 0 saturated heterocycles. The first-order valence-corrected chi connectivity index (χ1v) is 9.27. The first-order chi connectivity index (χ1) is 13.1. The number of benzene rings is 2. The molecular weight excluding hydrogens is 336 g/mol. The van der Waals surface area contributed by atoms with Crippen LogP contribution in [0, 0.1) is 5.92 Å². The lowest BCUT2D eigenvalue weighted by molar-refractivity contribution is 0.232. The molecule has 1 atom stereocenters. The molecular formula is C22H26N4O. The number of nitrogens with one attached hydrogen (secondary N) is 2. The summed E-state index contributed by atoms with van der Waals surface area (Å²) in [6.45, 7) is 5.38. The first kappa shape index (κ1) is 18.7. The van der Waals surface area contributed by atoms with Crippen molar-refractivity contribution in [2.24, 2.45) is 5.92 Å². The van der Waals surface area contributed by atoms with E-state index in [2.05, 4.69) is 35.6 Å². The van der Waals surface area contributed by atoms with Crippen LogP contribution >= 0.6 is 0 Å². The normalized spacial score (nSPS) is 12.0. The molecule has 5 nitrogen and oxygen atoms in total. The monoisotopic (exact) mass is 362 g/mol. The topological polar surface area (TPSA) is 59.0 Å². The van der Waals surface area contributed by atoms with Crippen molar-refractivity contribution in [1.82, 2.24) is 20.4 Å². The van der Waals surface area contributed by atoms with Crippen molar-refractivity contribution in [3.05, 3.63) is 89.7 Å². The van der Waals surface area contributed by atoms with Gasteiger partial charge in [0.05, 0.1) is 12.6 Å². The molecule has 1 aromatic heterocycles. The van der Waals surface area contributed by atoms with Gasteiger partial charge in [-0.1, -0.05) is 68.4 Å². The van der Waals surface area contributed by atoms with E-state index in [1.54, 1.807) is 6.20 Å². The fourth-order valence-corrected chi connectivity index (χ4v) is 3.12. The van der Waals surface area contributed by atoms with Crippen LogP contribution in [0.3, 0.4) is 0 Å². The molecule has 1 heterocycles. The summed E-state index contributed by atoms with van der Waals surface area (Å²) in [4.78, 5) is 12.5. The van der Waals surface area contributed by atoms with Crippen LogP contribution in [0.2, 0.25) is 0 Å². The van der Waals surface area contributed by atoms with Gasteiger partial charge in [0.1, 0.15) is 0 Å². The van der Waals surface area contributed by atoms with Crippen molar-refractivity contribution in [1.29, 1.82) is 0 Å². The van der Waals surface area contributed by atoms with Crippen molar-refractivity contribution in [3.63, 3.8) is 0 Å². The van der Waals surface area contributed by atoms with E-state index in [0.717, 1.165) is 16.7 Å². The molecule has 2 amide bonds. The van der Waals surface area contributed by atoms with Crippen LogP contribution < -0.4 is 10.6 Å². The van der Waals surface area contributed by atoms with Crippen molar-refractivity contribution >= 4 is 6.03 Å². The summed E-state index contributed by atoms with van der Waals surface area (Å²) in [5.74, 6) is 0.297. The van der Waals surface area contributed by atoms with Crippen LogP contribution in [0.4, 0.5) is 4.79 Å². The number of nitrogens with zero attached hydrogens (tertiary/aromatic N) is 2. The average molecular weight is 362 g/mol. The number of urea groups is 1. The molecule has 0 spiro atoms. The third-order valence-corrected chi connectivity index (χ3v) is 4.56. The minimum Gasteiger partial charge on any atom is -0.334 e. The Balaban J connectivity index is 1.62. The van der Waals surface area contributed by atoms with E-state index in [1.807, 2.05) is 65.5 Å². The largest absolute Gasteiger partial charge is 0.334 e. The van der Waals surface area contributed by atoms with Gasteiger partial charge in [-0.3, -0.25) is 4.68 Å². The van der Waals surface area contributed by atoms with E-state index < -0.39 is 0 Å². The Morgan fingerprint density at radius 2 is 1.70 bits per heavy atom. The second-order valence-corrected chi connectivity index (χ2v) is 6.93. The molecule has 0 radical (unpaired) electrons. The van der Waals surface area contributed by atoms with Gasteiger partial charge < -0.3 is 10.6 Å². The predicted molar refractivity (Wildman–Crippen MR) is 107 cm³/mol. The number of carbonyl (C=O) groups excluding carboxylic acids is 1. The molecule has 0 saturated carbocycles. The molecule has 0 aliphatic carbocycles. The molecule has 5 heteroatoms. The summed E-state index contributed by atoms with van der Waals surface area (Å²) < 4.78 is 1.88. The predicted octanol–water partition coefficient (Wildman–Crippen LogP) is 4.13. The zero-order valence-electron chi connectivity index (χ0n) is 15.8. The molecule has 140 valence electrons. The highest BCUT2D eigenvalue weighted by Gasteiger charge is 2.18. The second kappa shape index (κ2) is 9.03. The maximum atomic E-state index is 12.5. The highest BCUT2D eigenvalue weighted by Crippen LogP contribution is 2.21. The zero-order valence-corrected chi connectivity index (χ0v) is 15.8. The molecule has 27 heavy (non-hydrogen) atoms. The van der Waals surface area contributed by atoms with Crippen LogP contribution in [0.1, 0.15) is 36.6 Å². The standard InChI is InChI=1S/C22H26N4O/c1-17(2)21(18-9-4-3-5-10-18)25-22(27)23-15-19-11-6-7-12-20(19)16-26-14-8-13-24-26/h3-14,17,21H,15-16H2,1-2H3,(H2,23,25,27). The zero-order chi connectivity index (χ0) is 19.1. The van der Waals surface area contributed by atoms with Gasteiger partial charge in [0.2, 0.25) is 0 Å². The van der Waals surface area contributed by atoms with Gasteiger partial charge in [0.15, 0.2) is 0 Å². The number of carbonyl (C=O) groups is 1. The lowest BCUT2D eigenvalue weighted by atomic mass is 9.96. The van der Waals surface area contributed by atoms with E-state index in [4.69, 9.17) is 0 Å². The summed E-state index contributed by atoms with van der Waals surface area (Å²) in [5.41, 5.74) is 3.34. The summed E-state index contributed by atoms with van der Waals surface area (Å²) in [6, 6.07) is 19.9. The van der Waals surface area contributed by atoms with E-state index in [-0.39, 0.29) is 12.1 Å². The van der Waals surface area contributed by atoms with Crippen LogP contribution in [-0.4, -0.2) is 15.8 Å². The molecule has 2 aromatic carbocycles. The highest BCUT2D eigenvalue weighted by atomic mass is 16.2. The molecule has 0 bridgehead atoms. The fourth-order valence-electron chi connectivity index (χ4n) is 3.12. The molecule has 3 rings (SSSR count). The fraction of sp³-hybridized carbons (Fsp3) is 0.273.